The lowest BCUT2D eigenvalue weighted by Gasteiger charge is -2.19. The van der Waals surface area contributed by atoms with Crippen LogP contribution in [0.4, 0.5) is 5.69 Å². The van der Waals surface area contributed by atoms with Gasteiger partial charge in [0.15, 0.2) is 0 Å². The summed E-state index contributed by atoms with van der Waals surface area (Å²) in [5, 5.41) is 3.36. The third-order valence-corrected chi connectivity index (χ3v) is 5.27. The molecule has 1 aromatic carbocycles. The van der Waals surface area contributed by atoms with Gasteiger partial charge in [0, 0.05) is 24.7 Å². The van der Waals surface area contributed by atoms with Gasteiger partial charge in [-0.1, -0.05) is 39.0 Å². The van der Waals surface area contributed by atoms with Gasteiger partial charge in [-0.15, -0.1) is 0 Å². The van der Waals surface area contributed by atoms with Gasteiger partial charge in [-0.05, 0) is 23.5 Å². The molecule has 1 unspecified atom stereocenters. The lowest BCUT2D eigenvalue weighted by Crippen LogP contribution is -2.33. The van der Waals surface area contributed by atoms with Crippen molar-refractivity contribution in [1.29, 1.82) is 0 Å². The predicted octanol–water partition coefficient (Wildman–Crippen LogP) is 2.55. The summed E-state index contributed by atoms with van der Waals surface area (Å²) in [4.78, 5) is 0. The van der Waals surface area contributed by atoms with Gasteiger partial charge < -0.3 is 5.32 Å². The molecule has 2 rings (SSSR count). The quantitative estimate of drug-likeness (QED) is 0.878. The number of sulfonamides is 1. The van der Waals surface area contributed by atoms with E-state index >= 15 is 0 Å². The van der Waals surface area contributed by atoms with Crippen LogP contribution in [0.15, 0.2) is 24.3 Å². The Kier molecular flexibility index (Phi) is 4.39. The van der Waals surface area contributed by atoms with Crippen LogP contribution in [0.3, 0.4) is 0 Å². The molecule has 1 atom stereocenters. The Labute approximate surface area is 122 Å². The van der Waals surface area contributed by atoms with E-state index in [0.29, 0.717) is 12.5 Å². The van der Waals surface area contributed by atoms with Crippen LogP contribution in [0.5, 0.6) is 0 Å². The van der Waals surface area contributed by atoms with Crippen LogP contribution in [0.2, 0.25) is 0 Å². The lowest BCUT2D eigenvalue weighted by atomic mass is 9.98. The molecule has 4 nitrogen and oxygen atoms in total. The largest absolute Gasteiger partial charge is 0.384 e. The molecule has 1 aliphatic heterocycles. The predicted molar refractivity (Wildman–Crippen MR) is 83.5 cm³/mol. The first-order chi connectivity index (χ1) is 9.27. The second kappa shape index (κ2) is 5.74. The Morgan fingerprint density at radius 2 is 2.00 bits per heavy atom. The molecule has 112 valence electrons. The Balaban J connectivity index is 1.86. The molecule has 0 aliphatic carbocycles. The second-order valence-corrected chi connectivity index (χ2v) is 8.47. The second-order valence-electron chi connectivity index (χ2n) is 6.67. The zero-order chi connectivity index (χ0) is 14.8. The van der Waals surface area contributed by atoms with Crippen LogP contribution in [0.25, 0.3) is 0 Å². The highest BCUT2D eigenvalue weighted by atomic mass is 32.2. The van der Waals surface area contributed by atoms with Crippen LogP contribution in [-0.2, 0) is 10.0 Å². The SMILES string of the molecule is CC(C)(C)CS(=O)(=O)NCCC1CNc2ccccc21. The van der Waals surface area contributed by atoms with Gasteiger partial charge >= 0.3 is 0 Å². The van der Waals surface area contributed by atoms with Crippen molar-refractivity contribution in [2.75, 3.05) is 24.2 Å². The van der Waals surface area contributed by atoms with E-state index in [4.69, 9.17) is 0 Å². The smallest absolute Gasteiger partial charge is 0.212 e. The molecule has 0 bridgehead atoms. The molecule has 0 saturated carbocycles. The first-order valence-electron chi connectivity index (χ1n) is 7.07. The number of nitrogens with one attached hydrogen (secondary N) is 2. The average molecular weight is 296 g/mol. The van der Waals surface area contributed by atoms with Crippen LogP contribution in [0, 0.1) is 5.41 Å². The molecule has 0 spiro atoms. The molecular weight excluding hydrogens is 272 g/mol. The van der Waals surface area contributed by atoms with Gasteiger partial charge in [0.25, 0.3) is 0 Å². The Morgan fingerprint density at radius 1 is 1.30 bits per heavy atom. The minimum atomic E-state index is -3.18. The molecule has 20 heavy (non-hydrogen) atoms. The number of hydrogen-bond acceptors (Lipinski definition) is 3. The fourth-order valence-electron chi connectivity index (χ4n) is 2.62. The van der Waals surface area contributed by atoms with Crippen molar-refractivity contribution in [3.05, 3.63) is 29.8 Å². The summed E-state index contributed by atoms with van der Waals surface area (Å²) in [5.41, 5.74) is 2.26. The topological polar surface area (TPSA) is 58.2 Å². The average Bonchev–Trinajstić information content (AvgIpc) is 2.69. The van der Waals surface area contributed by atoms with Gasteiger partial charge in [0.2, 0.25) is 10.0 Å². The standard InChI is InChI=1S/C15H24N2O2S/c1-15(2,3)11-20(18,19)17-9-8-12-10-16-14-7-5-4-6-13(12)14/h4-7,12,16-17H,8-11H2,1-3H3. The Morgan fingerprint density at radius 3 is 2.70 bits per heavy atom. The maximum atomic E-state index is 11.9. The number of para-hydroxylation sites is 1. The molecule has 1 aliphatic rings. The molecule has 2 N–H and O–H groups in total. The summed E-state index contributed by atoms with van der Waals surface area (Å²) in [5.74, 6) is 0.558. The fourth-order valence-corrected chi connectivity index (χ4v) is 4.30. The van der Waals surface area contributed by atoms with Crippen molar-refractivity contribution in [2.45, 2.75) is 33.1 Å². The van der Waals surface area contributed by atoms with Crippen molar-refractivity contribution in [2.24, 2.45) is 5.41 Å². The van der Waals surface area contributed by atoms with Crippen LogP contribution < -0.4 is 10.0 Å². The zero-order valence-corrected chi connectivity index (χ0v) is 13.3. The molecule has 1 heterocycles. The monoisotopic (exact) mass is 296 g/mol. The van der Waals surface area contributed by atoms with Gasteiger partial charge in [0.1, 0.15) is 0 Å². The maximum Gasteiger partial charge on any atom is 0.212 e. The Bertz CT molecular complexity index is 561. The highest BCUT2D eigenvalue weighted by molar-refractivity contribution is 7.89. The molecular formula is C15H24N2O2S. The molecule has 5 heteroatoms. The summed E-state index contributed by atoms with van der Waals surface area (Å²) in [6.45, 7) is 7.19. The molecule has 0 amide bonds. The minimum Gasteiger partial charge on any atom is -0.384 e. The van der Waals surface area contributed by atoms with E-state index in [1.165, 1.54) is 11.3 Å². The van der Waals surface area contributed by atoms with E-state index in [0.717, 1.165) is 13.0 Å². The highest BCUT2D eigenvalue weighted by Gasteiger charge is 2.24. The van der Waals surface area contributed by atoms with Crippen molar-refractivity contribution in [3.8, 4) is 0 Å². The molecule has 0 fully saturated rings. The van der Waals surface area contributed by atoms with Gasteiger partial charge in [-0.2, -0.15) is 0 Å². The van der Waals surface area contributed by atoms with Crippen LogP contribution in [0.1, 0.15) is 38.7 Å². The van der Waals surface area contributed by atoms with Crippen molar-refractivity contribution in [1.82, 2.24) is 4.72 Å². The molecule has 0 saturated heterocycles. The van der Waals surface area contributed by atoms with E-state index < -0.39 is 10.0 Å². The van der Waals surface area contributed by atoms with Crippen molar-refractivity contribution < 1.29 is 8.42 Å². The lowest BCUT2D eigenvalue weighted by molar-refractivity contribution is 0.457. The normalized spacial score (nSPS) is 18.6. The third-order valence-electron chi connectivity index (χ3n) is 3.38. The summed E-state index contributed by atoms with van der Waals surface area (Å²) >= 11 is 0. The van der Waals surface area contributed by atoms with Gasteiger partial charge in [-0.3, -0.25) is 0 Å². The summed E-state index contributed by atoms with van der Waals surface area (Å²) in [7, 11) is -3.18. The van der Waals surface area contributed by atoms with Crippen LogP contribution >= 0.6 is 0 Å². The van der Waals surface area contributed by atoms with Gasteiger partial charge in [-0.25, -0.2) is 13.1 Å². The minimum absolute atomic E-state index is 0.166. The number of anilines is 1. The summed E-state index contributed by atoms with van der Waals surface area (Å²) in [6, 6.07) is 8.23. The van der Waals surface area contributed by atoms with Crippen molar-refractivity contribution in [3.63, 3.8) is 0 Å². The van der Waals surface area contributed by atoms with E-state index in [1.54, 1.807) is 0 Å². The number of benzene rings is 1. The van der Waals surface area contributed by atoms with Crippen molar-refractivity contribution >= 4 is 15.7 Å². The molecule has 1 aromatic rings. The van der Waals surface area contributed by atoms with E-state index in [1.807, 2.05) is 32.9 Å². The summed E-state index contributed by atoms with van der Waals surface area (Å²) in [6.07, 6.45) is 0.827. The summed E-state index contributed by atoms with van der Waals surface area (Å²) < 4.78 is 26.6. The van der Waals surface area contributed by atoms with E-state index in [2.05, 4.69) is 22.2 Å². The number of rotatable bonds is 5. The fraction of sp³-hybridized carbons (Fsp3) is 0.600. The van der Waals surface area contributed by atoms with Gasteiger partial charge in [0.05, 0.1) is 5.75 Å². The number of hydrogen-bond donors (Lipinski definition) is 2. The highest BCUT2D eigenvalue weighted by Crippen LogP contribution is 2.32. The van der Waals surface area contributed by atoms with Crippen LogP contribution in [-0.4, -0.2) is 27.3 Å². The first kappa shape index (κ1) is 15.3. The van der Waals surface area contributed by atoms with E-state index in [-0.39, 0.29) is 11.2 Å². The molecule has 0 radical (unpaired) electrons. The number of fused-ring (bicyclic) bond motifs is 1. The Hall–Kier alpha value is -1.07. The first-order valence-corrected chi connectivity index (χ1v) is 8.72. The van der Waals surface area contributed by atoms with E-state index in [9.17, 15) is 8.42 Å². The molecule has 0 aromatic heterocycles. The zero-order valence-electron chi connectivity index (χ0n) is 12.4. The maximum absolute atomic E-state index is 11.9. The third kappa shape index (κ3) is 4.21.